The van der Waals surface area contributed by atoms with E-state index >= 15 is 0 Å². The van der Waals surface area contributed by atoms with E-state index in [1.54, 1.807) is 29.0 Å². The van der Waals surface area contributed by atoms with E-state index in [0.29, 0.717) is 38.4 Å². The number of benzene rings is 2. The molecule has 2 fully saturated rings. The second kappa shape index (κ2) is 14.1. The summed E-state index contributed by atoms with van der Waals surface area (Å²) in [4.78, 5) is 46.8. The van der Waals surface area contributed by atoms with Crippen LogP contribution in [0.2, 0.25) is 0 Å². The van der Waals surface area contributed by atoms with Crippen molar-refractivity contribution in [2.24, 2.45) is 0 Å². The van der Waals surface area contributed by atoms with Crippen molar-refractivity contribution in [1.29, 1.82) is 0 Å². The van der Waals surface area contributed by atoms with Gasteiger partial charge in [-0.15, -0.1) is 0 Å². The highest BCUT2D eigenvalue weighted by molar-refractivity contribution is 5.97. The molecule has 3 amide bonds. The molecule has 216 valence electrons. The smallest absolute Gasteiger partial charge is 0.254 e. The molecule has 0 aliphatic carbocycles. The van der Waals surface area contributed by atoms with Crippen molar-refractivity contribution in [3.63, 3.8) is 0 Å². The minimum absolute atomic E-state index is 0.0654. The Kier molecular flexibility index (Phi) is 10.4. The summed E-state index contributed by atoms with van der Waals surface area (Å²) in [6.45, 7) is 8.69. The first-order valence-corrected chi connectivity index (χ1v) is 13.9. The highest BCUT2D eigenvalue weighted by Crippen LogP contribution is 2.20. The van der Waals surface area contributed by atoms with Gasteiger partial charge in [0.15, 0.2) is 0 Å². The minimum atomic E-state index is -0.513. The van der Waals surface area contributed by atoms with Gasteiger partial charge in [-0.1, -0.05) is 12.1 Å². The molecule has 0 saturated carbocycles. The van der Waals surface area contributed by atoms with Crippen LogP contribution in [0.25, 0.3) is 0 Å². The molecule has 1 unspecified atom stereocenters. The summed E-state index contributed by atoms with van der Waals surface area (Å²) in [6.07, 6.45) is -0.513. The maximum Gasteiger partial charge on any atom is 0.254 e. The summed E-state index contributed by atoms with van der Waals surface area (Å²) in [6, 6.07) is 15.0. The number of rotatable bonds is 10. The first kappa shape index (κ1) is 29.4. The van der Waals surface area contributed by atoms with Crippen LogP contribution in [0.5, 0.6) is 5.75 Å². The lowest BCUT2D eigenvalue weighted by Gasteiger charge is -2.29. The number of amides is 3. The van der Waals surface area contributed by atoms with Crippen LogP contribution in [0.3, 0.4) is 0 Å². The van der Waals surface area contributed by atoms with Gasteiger partial charge in [-0.25, -0.2) is 0 Å². The quantitative estimate of drug-likeness (QED) is 0.447. The van der Waals surface area contributed by atoms with Gasteiger partial charge < -0.3 is 33.8 Å². The normalized spacial score (nSPS) is 17.9. The van der Waals surface area contributed by atoms with E-state index in [1.165, 1.54) is 4.90 Å². The third-order valence-corrected chi connectivity index (χ3v) is 7.40. The number of hydrogen-bond donors (Lipinski definition) is 0. The van der Waals surface area contributed by atoms with E-state index in [0.717, 1.165) is 30.1 Å². The van der Waals surface area contributed by atoms with Crippen molar-refractivity contribution < 1.29 is 28.6 Å². The van der Waals surface area contributed by atoms with Gasteiger partial charge >= 0.3 is 0 Å². The fraction of sp³-hybridized carbons (Fsp3) is 0.500. The Morgan fingerprint density at radius 1 is 0.975 bits per heavy atom. The van der Waals surface area contributed by atoms with Crippen molar-refractivity contribution in [1.82, 2.24) is 14.7 Å². The molecule has 2 aliphatic heterocycles. The summed E-state index contributed by atoms with van der Waals surface area (Å²) in [5, 5.41) is 0. The molecule has 0 radical (unpaired) electrons. The van der Waals surface area contributed by atoms with Gasteiger partial charge in [-0.3, -0.25) is 14.4 Å². The standard InChI is InChI=1S/C30H40N4O6/c1-4-31(5-2)29(36)22-40-27-19-33(18-23-6-12-26(38-3)13-7-23)28(35)21-34(20-27)30(37)24-8-10-25(11-9-24)32-14-16-39-17-15-32/h6-13,27H,4-5,14-22H2,1-3H3. The topological polar surface area (TPSA) is 91.9 Å². The van der Waals surface area contributed by atoms with Crippen molar-refractivity contribution in [2.45, 2.75) is 26.5 Å². The lowest BCUT2D eigenvalue weighted by Crippen LogP contribution is -2.41. The molecule has 0 bridgehead atoms. The van der Waals surface area contributed by atoms with Gasteiger partial charge in [0, 0.05) is 57.1 Å². The lowest BCUT2D eigenvalue weighted by atomic mass is 10.1. The van der Waals surface area contributed by atoms with Crippen LogP contribution in [-0.2, 0) is 25.6 Å². The summed E-state index contributed by atoms with van der Waals surface area (Å²) in [5.74, 6) is 0.212. The molecular weight excluding hydrogens is 512 g/mol. The van der Waals surface area contributed by atoms with E-state index in [4.69, 9.17) is 14.2 Å². The summed E-state index contributed by atoms with van der Waals surface area (Å²) < 4.78 is 16.7. The molecule has 0 spiro atoms. The fourth-order valence-electron chi connectivity index (χ4n) is 5.02. The van der Waals surface area contributed by atoms with E-state index in [2.05, 4.69) is 4.90 Å². The number of likely N-dealkylation sites (N-methyl/N-ethyl adjacent to an activating group) is 1. The number of carbonyl (C=O) groups excluding carboxylic acids is 3. The number of methoxy groups -OCH3 is 1. The zero-order valence-corrected chi connectivity index (χ0v) is 23.7. The van der Waals surface area contributed by atoms with Gasteiger partial charge in [-0.2, -0.15) is 0 Å². The molecule has 2 aromatic carbocycles. The Morgan fingerprint density at radius 2 is 1.65 bits per heavy atom. The highest BCUT2D eigenvalue weighted by atomic mass is 16.5. The molecule has 10 heteroatoms. The number of carbonyl (C=O) groups is 3. The van der Waals surface area contributed by atoms with Crippen molar-refractivity contribution in [3.05, 3.63) is 59.7 Å². The average molecular weight is 553 g/mol. The van der Waals surface area contributed by atoms with Crippen LogP contribution < -0.4 is 9.64 Å². The monoisotopic (exact) mass is 552 g/mol. The maximum atomic E-state index is 13.6. The van der Waals surface area contributed by atoms with Gasteiger partial charge in [0.25, 0.3) is 5.91 Å². The third-order valence-electron chi connectivity index (χ3n) is 7.40. The van der Waals surface area contributed by atoms with Crippen LogP contribution in [0.1, 0.15) is 29.8 Å². The largest absolute Gasteiger partial charge is 0.497 e. The first-order valence-electron chi connectivity index (χ1n) is 13.9. The lowest BCUT2D eigenvalue weighted by molar-refractivity contribution is -0.138. The maximum absolute atomic E-state index is 13.6. The van der Waals surface area contributed by atoms with Gasteiger partial charge in [0.2, 0.25) is 11.8 Å². The molecule has 2 saturated heterocycles. The predicted octanol–water partition coefficient (Wildman–Crippen LogP) is 2.27. The first-order chi connectivity index (χ1) is 19.4. The molecule has 0 aromatic heterocycles. The molecule has 2 aromatic rings. The minimum Gasteiger partial charge on any atom is -0.497 e. The molecule has 40 heavy (non-hydrogen) atoms. The number of morpholine rings is 1. The Balaban J connectivity index is 1.49. The van der Waals surface area contributed by atoms with Crippen LogP contribution in [-0.4, -0.2) is 111 Å². The Hall–Kier alpha value is -3.63. The fourth-order valence-corrected chi connectivity index (χ4v) is 5.02. The van der Waals surface area contributed by atoms with Crippen LogP contribution in [0.15, 0.2) is 48.5 Å². The van der Waals surface area contributed by atoms with Crippen LogP contribution in [0.4, 0.5) is 5.69 Å². The van der Waals surface area contributed by atoms with Crippen molar-refractivity contribution in [2.75, 3.05) is 77.6 Å². The predicted molar refractivity (Wildman–Crippen MR) is 151 cm³/mol. The Morgan fingerprint density at radius 3 is 2.27 bits per heavy atom. The van der Waals surface area contributed by atoms with E-state index in [-0.39, 0.29) is 44.0 Å². The Labute approximate surface area is 236 Å². The SMILES string of the molecule is CCN(CC)C(=O)COC1CN(Cc2ccc(OC)cc2)C(=O)CN(C(=O)c2ccc(N3CCOCC3)cc2)C1. The van der Waals surface area contributed by atoms with E-state index in [1.807, 2.05) is 50.2 Å². The van der Waals surface area contributed by atoms with Gasteiger partial charge in [0.05, 0.1) is 26.4 Å². The Bertz CT molecular complexity index is 1130. The van der Waals surface area contributed by atoms with Crippen LogP contribution >= 0.6 is 0 Å². The van der Waals surface area contributed by atoms with Crippen molar-refractivity contribution >= 4 is 23.4 Å². The summed E-state index contributed by atoms with van der Waals surface area (Å²) >= 11 is 0. The number of hydrogen-bond acceptors (Lipinski definition) is 7. The van der Waals surface area contributed by atoms with Gasteiger partial charge in [0.1, 0.15) is 18.9 Å². The number of nitrogens with zero attached hydrogens (tertiary/aromatic N) is 4. The molecular formula is C30H40N4O6. The molecule has 1 atom stereocenters. The number of anilines is 1. The summed E-state index contributed by atoms with van der Waals surface area (Å²) in [7, 11) is 1.61. The molecule has 0 N–H and O–H groups in total. The van der Waals surface area contributed by atoms with E-state index in [9.17, 15) is 14.4 Å². The van der Waals surface area contributed by atoms with E-state index < -0.39 is 6.10 Å². The molecule has 2 aliphatic rings. The zero-order chi connectivity index (χ0) is 28.5. The zero-order valence-electron chi connectivity index (χ0n) is 23.7. The van der Waals surface area contributed by atoms with Crippen LogP contribution in [0, 0.1) is 0 Å². The molecule has 4 rings (SSSR count). The number of ether oxygens (including phenoxy) is 3. The second-order valence-corrected chi connectivity index (χ2v) is 9.95. The van der Waals surface area contributed by atoms with Gasteiger partial charge in [-0.05, 0) is 55.8 Å². The third kappa shape index (κ3) is 7.51. The average Bonchev–Trinajstić information content (AvgIpc) is 3.15. The molecule has 10 nitrogen and oxygen atoms in total. The second-order valence-electron chi connectivity index (χ2n) is 9.95. The van der Waals surface area contributed by atoms with Crippen molar-refractivity contribution in [3.8, 4) is 5.75 Å². The highest BCUT2D eigenvalue weighted by Gasteiger charge is 2.32. The summed E-state index contributed by atoms with van der Waals surface area (Å²) in [5.41, 5.74) is 2.48. The molecule has 2 heterocycles.